The SMILES string of the molecule is CCC1CN(S(=O)(=O)c2ccc(F)cc2F)CC/C1=N\O. The fourth-order valence-electron chi connectivity index (χ4n) is 2.42. The van der Waals surface area contributed by atoms with Gasteiger partial charge in [-0.25, -0.2) is 17.2 Å². The van der Waals surface area contributed by atoms with Crippen LogP contribution in [0.1, 0.15) is 19.8 Å². The Morgan fingerprint density at radius 1 is 1.43 bits per heavy atom. The van der Waals surface area contributed by atoms with Crippen LogP contribution in [0, 0.1) is 17.6 Å². The number of nitrogens with zero attached hydrogens (tertiary/aromatic N) is 2. The van der Waals surface area contributed by atoms with E-state index in [9.17, 15) is 17.2 Å². The average Bonchev–Trinajstić information content (AvgIpc) is 2.46. The molecule has 0 spiro atoms. The van der Waals surface area contributed by atoms with Gasteiger partial charge in [-0.05, 0) is 18.6 Å². The highest BCUT2D eigenvalue weighted by Gasteiger charge is 2.34. The maximum atomic E-state index is 13.7. The molecule has 1 atom stereocenters. The maximum absolute atomic E-state index is 13.7. The molecule has 1 N–H and O–H groups in total. The second-order valence-electron chi connectivity index (χ2n) is 4.88. The molecule has 1 fully saturated rings. The van der Waals surface area contributed by atoms with Crippen LogP contribution >= 0.6 is 0 Å². The first kappa shape index (κ1) is 15.8. The highest BCUT2D eigenvalue weighted by atomic mass is 32.2. The summed E-state index contributed by atoms with van der Waals surface area (Å²) in [4.78, 5) is -0.539. The van der Waals surface area contributed by atoms with Gasteiger partial charge in [0, 0.05) is 31.5 Å². The summed E-state index contributed by atoms with van der Waals surface area (Å²) in [5.74, 6) is -2.14. The molecule has 1 heterocycles. The summed E-state index contributed by atoms with van der Waals surface area (Å²) in [5, 5.41) is 12.1. The van der Waals surface area contributed by atoms with E-state index in [2.05, 4.69) is 5.16 Å². The van der Waals surface area contributed by atoms with E-state index in [0.717, 1.165) is 16.4 Å². The molecule has 0 saturated carbocycles. The summed E-state index contributed by atoms with van der Waals surface area (Å²) in [6, 6.07) is 2.39. The zero-order chi connectivity index (χ0) is 15.6. The maximum Gasteiger partial charge on any atom is 0.246 e. The minimum Gasteiger partial charge on any atom is -0.411 e. The third kappa shape index (κ3) is 3.06. The number of piperidine rings is 1. The minimum absolute atomic E-state index is 0.106. The van der Waals surface area contributed by atoms with Crippen molar-refractivity contribution in [1.29, 1.82) is 0 Å². The Bertz CT molecular complexity index is 661. The Labute approximate surface area is 121 Å². The van der Waals surface area contributed by atoms with Gasteiger partial charge in [-0.2, -0.15) is 4.31 Å². The van der Waals surface area contributed by atoms with Crippen molar-refractivity contribution in [1.82, 2.24) is 4.31 Å². The van der Waals surface area contributed by atoms with E-state index in [1.165, 1.54) is 0 Å². The number of halogens is 2. The first-order valence-corrected chi connectivity index (χ1v) is 8.00. The van der Waals surface area contributed by atoms with Gasteiger partial charge in [0.1, 0.15) is 16.5 Å². The highest BCUT2D eigenvalue weighted by Crippen LogP contribution is 2.26. The second kappa shape index (κ2) is 6.07. The standard InChI is InChI=1S/C13H16F2N2O3S/c1-2-9-8-17(6-5-12(9)16-18)21(19,20)13-4-3-10(14)7-11(13)15/h3-4,7,9,18H,2,5-6,8H2,1H3/b16-12+. The molecule has 116 valence electrons. The predicted molar refractivity (Wildman–Crippen MR) is 72.7 cm³/mol. The van der Waals surface area contributed by atoms with E-state index < -0.39 is 26.6 Å². The monoisotopic (exact) mass is 318 g/mol. The number of benzene rings is 1. The summed E-state index contributed by atoms with van der Waals surface area (Å²) < 4.78 is 52.6. The van der Waals surface area contributed by atoms with Crippen molar-refractivity contribution in [2.45, 2.75) is 24.7 Å². The molecule has 1 unspecified atom stereocenters. The lowest BCUT2D eigenvalue weighted by Gasteiger charge is -2.32. The van der Waals surface area contributed by atoms with Crippen LogP contribution < -0.4 is 0 Å². The van der Waals surface area contributed by atoms with Crippen molar-refractivity contribution in [3.63, 3.8) is 0 Å². The Hall–Kier alpha value is -1.54. The number of hydrogen-bond donors (Lipinski definition) is 1. The Morgan fingerprint density at radius 2 is 2.14 bits per heavy atom. The molecule has 2 rings (SSSR count). The molecule has 1 aliphatic rings. The lowest BCUT2D eigenvalue weighted by atomic mass is 9.95. The Morgan fingerprint density at radius 3 is 2.71 bits per heavy atom. The molecular weight excluding hydrogens is 302 g/mol. The van der Waals surface area contributed by atoms with Gasteiger partial charge < -0.3 is 5.21 Å². The van der Waals surface area contributed by atoms with E-state index in [1.54, 1.807) is 0 Å². The van der Waals surface area contributed by atoms with E-state index in [0.29, 0.717) is 18.2 Å². The topological polar surface area (TPSA) is 70.0 Å². The van der Waals surface area contributed by atoms with Crippen LogP contribution in [-0.2, 0) is 10.0 Å². The molecule has 0 aromatic heterocycles. The lowest BCUT2D eigenvalue weighted by Crippen LogP contribution is -2.44. The van der Waals surface area contributed by atoms with Gasteiger partial charge >= 0.3 is 0 Å². The van der Waals surface area contributed by atoms with Crippen LogP contribution in [0.4, 0.5) is 8.78 Å². The number of rotatable bonds is 3. The third-order valence-electron chi connectivity index (χ3n) is 3.65. The third-order valence-corrected chi connectivity index (χ3v) is 5.54. The van der Waals surface area contributed by atoms with Gasteiger partial charge in [0.05, 0.1) is 5.71 Å². The summed E-state index contributed by atoms with van der Waals surface area (Å²) in [7, 11) is -4.03. The molecule has 1 aromatic rings. The summed E-state index contributed by atoms with van der Waals surface area (Å²) >= 11 is 0. The fraction of sp³-hybridized carbons (Fsp3) is 0.462. The van der Waals surface area contributed by atoms with Crippen LogP contribution in [0.5, 0.6) is 0 Å². The Kier molecular flexibility index (Phi) is 4.58. The lowest BCUT2D eigenvalue weighted by molar-refractivity contribution is 0.295. The molecule has 1 saturated heterocycles. The first-order valence-electron chi connectivity index (χ1n) is 6.56. The quantitative estimate of drug-likeness (QED) is 0.686. The van der Waals surface area contributed by atoms with Crippen molar-refractivity contribution in [3.8, 4) is 0 Å². The molecule has 5 nitrogen and oxygen atoms in total. The fourth-order valence-corrected chi connectivity index (χ4v) is 3.96. The summed E-state index contributed by atoms with van der Waals surface area (Å²) in [6.45, 7) is 2.08. The van der Waals surface area contributed by atoms with Gasteiger partial charge in [0.25, 0.3) is 0 Å². The predicted octanol–water partition coefficient (Wildman–Crippen LogP) is 2.22. The summed E-state index contributed by atoms with van der Waals surface area (Å²) in [6.07, 6.45) is 0.897. The van der Waals surface area contributed by atoms with Crippen LogP contribution in [0.3, 0.4) is 0 Å². The second-order valence-corrected chi connectivity index (χ2v) is 6.79. The van der Waals surface area contributed by atoms with E-state index in [1.807, 2.05) is 6.92 Å². The Balaban J connectivity index is 2.32. The molecule has 0 amide bonds. The van der Waals surface area contributed by atoms with Gasteiger partial charge in [-0.3, -0.25) is 0 Å². The van der Waals surface area contributed by atoms with Gasteiger partial charge in [0.15, 0.2) is 0 Å². The van der Waals surface area contributed by atoms with Crippen molar-refractivity contribution in [2.75, 3.05) is 13.1 Å². The molecule has 8 heteroatoms. The van der Waals surface area contributed by atoms with E-state index in [4.69, 9.17) is 5.21 Å². The highest BCUT2D eigenvalue weighted by molar-refractivity contribution is 7.89. The molecular formula is C13H16F2N2O3S. The molecule has 21 heavy (non-hydrogen) atoms. The van der Waals surface area contributed by atoms with Crippen LogP contribution in [0.2, 0.25) is 0 Å². The van der Waals surface area contributed by atoms with Gasteiger partial charge in [0.2, 0.25) is 10.0 Å². The number of oxime groups is 1. The van der Waals surface area contributed by atoms with Gasteiger partial charge in [-0.1, -0.05) is 12.1 Å². The number of sulfonamides is 1. The van der Waals surface area contributed by atoms with Crippen molar-refractivity contribution < 1.29 is 22.4 Å². The first-order chi connectivity index (χ1) is 9.90. The molecule has 0 aliphatic carbocycles. The van der Waals surface area contributed by atoms with Crippen LogP contribution in [-0.4, -0.2) is 36.7 Å². The van der Waals surface area contributed by atoms with Crippen molar-refractivity contribution in [3.05, 3.63) is 29.8 Å². The van der Waals surface area contributed by atoms with E-state index in [-0.39, 0.29) is 25.4 Å². The van der Waals surface area contributed by atoms with Crippen molar-refractivity contribution in [2.24, 2.45) is 11.1 Å². The van der Waals surface area contributed by atoms with Crippen molar-refractivity contribution >= 4 is 15.7 Å². The number of hydrogen-bond acceptors (Lipinski definition) is 4. The average molecular weight is 318 g/mol. The smallest absolute Gasteiger partial charge is 0.246 e. The van der Waals surface area contributed by atoms with Crippen LogP contribution in [0.15, 0.2) is 28.3 Å². The van der Waals surface area contributed by atoms with E-state index >= 15 is 0 Å². The zero-order valence-electron chi connectivity index (χ0n) is 11.5. The van der Waals surface area contributed by atoms with Crippen LogP contribution in [0.25, 0.3) is 0 Å². The van der Waals surface area contributed by atoms with Gasteiger partial charge in [-0.15, -0.1) is 0 Å². The molecule has 1 aliphatic heterocycles. The summed E-state index contributed by atoms with van der Waals surface area (Å²) in [5.41, 5.74) is 0.545. The minimum atomic E-state index is -4.03. The molecule has 0 radical (unpaired) electrons. The molecule has 1 aromatic carbocycles. The zero-order valence-corrected chi connectivity index (χ0v) is 12.3. The largest absolute Gasteiger partial charge is 0.411 e. The molecule has 0 bridgehead atoms. The normalized spacial score (nSPS) is 22.6.